The minimum atomic E-state index is -2.85. The van der Waals surface area contributed by atoms with Gasteiger partial charge in [-0.2, -0.15) is 4.52 Å². The molecule has 0 bridgehead atoms. The van der Waals surface area contributed by atoms with Crippen molar-refractivity contribution in [3.05, 3.63) is 18.8 Å². The number of nitrogens with two attached hydrogens (primary N) is 1. The molecule has 0 aromatic carbocycles. The van der Waals surface area contributed by atoms with E-state index in [9.17, 15) is 4.89 Å². The molecule has 7 nitrogen and oxygen atoms in total. The van der Waals surface area contributed by atoms with Gasteiger partial charge in [0.25, 0.3) is 0 Å². The molecule has 19 heavy (non-hydrogen) atoms. The Morgan fingerprint density at radius 3 is 2.11 bits per heavy atom. The molecule has 0 spiro atoms. The molecule has 0 aliphatic heterocycles. The molecule has 0 aromatic heterocycles. The maximum absolute atomic E-state index is 10.0. The van der Waals surface area contributed by atoms with Gasteiger partial charge in [0.15, 0.2) is 0 Å². The molecule has 0 heterocycles. The summed E-state index contributed by atoms with van der Waals surface area (Å²) in [4.78, 5) is 10.0. The Morgan fingerprint density at radius 2 is 1.74 bits per heavy atom. The third kappa shape index (κ3) is 10.5. The van der Waals surface area contributed by atoms with Crippen molar-refractivity contribution in [1.29, 1.82) is 0 Å². The predicted octanol–water partition coefficient (Wildman–Crippen LogP) is 4.21. The SMILES string of the molecule is C=CCOP(N=P(C)(O)OCC)(=NC)OCC.[NH2-].[Y]. The van der Waals surface area contributed by atoms with Crippen LogP contribution in [0.15, 0.2) is 21.9 Å². The van der Waals surface area contributed by atoms with E-state index < -0.39 is 15.2 Å². The van der Waals surface area contributed by atoms with Crippen molar-refractivity contribution < 1.29 is 51.2 Å². The molecule has 113 valence electrons. The fourth-order valence-electron chi connectivity index (χ4n) is 1.04. The van der Waals surface area contributed by atoms with E-state index in [1.165, 1.54) is 6.66 Å². The van der Waals surface area contributed by atoms with Crippen molar-refractivity contribution in [3.63, 3.8) is 0 Å². The largest absolute Gasteiger partial charge is 0.693 e. The fraction of sp³-hybridized carbons (Fsp3) is 0.778. The number of hydrogen-bond donors (Lipinski definition) is 1. The van der Waals surface area contributed by atoms with E-state index in [-0.39, 0.29) is 45.5 Å². The van der Waals surface area contributed by atoms with E-state index in [1.54, 1.807) is 20.0 Å². The molecule has 2 unspecified atom stereocenters. The first kappa shape index (κ1) is 25.1. The Balaban J connectivity index is -0.00000128. The van der Waals surface area contributed by atoms with E-state index in [2.05, 4.69) is 15.8 Å². The second kappa shape index (κ2) is 12.8. The fourth-order valence-corrected chi connectivity index (χ4v) is 5.09. The van der Waals surface area contributed by atoms with E-state index in [4.69, 9.17) is 13.6 Å². The molecule has 0 aliphatic rings. The van der Waals surface area contributed by atoms with Gasteiger partial charge in [-0.05, 0) is 13.8 Å². The summed E-state index contributed by atoms with van der Waals surface area (Å²) in [5.74, 6) is 0. The quantitative estimate of drug-likeness (QED) is 0.496. The van der Waals surface area contributed by atoms with Gasteiger partial charge in [0.2, 0.25) is 7.51 Å². The molecular weight excluding hydrogens is 365 g/mol. The molecule has 0 amide bonds. The maximum atomic E-state index is 10.0. The Morgan fingerprint density at radius 1 is 1.21 bits per heavy atom. The van der Waals surface area contributed by atoms with Gasteiger partial charge >= 0.3 is 7.66 Å². The Hall–Kier alpha value is 1.10. The third-order valence-corrected chi connectivity index (χ3v) is 6.13. The summed E-state index contributed by atoms with van der Waals surface area (Å²) in [6, 6.07) is 0. The second-order valence-electron chi connectivity index (χ2n) is 3.04. The molecular formula is C9H24N3O4P2Y-. The third-order valence-electron chi connectivity index (χ3n) is 1.56. The van der Waals surface area contributed by atoms with Gasteiger partial charge in [0.05, 0.1) is 19.8 Å². The smallest absolute Gasteiger partial charge is 0.338 e. The summed E-state index contributed by atoms with van der Waals surface area (Å²) in [7, 11) is -4.09. The molecule has 2 atom stereocenters. The number of hydrogen-bond acceptors (Lipinski definition) is 4. The van der Waals surface area contributed by atoms with Crippen molar-refractivity contribution in [1.82, 2.24) is 0 Å². The summed E-state index contributed by atoms with van der Waals surface area (Å²) in [5, 5.41) is 0. The summed E-state index contributed by atoms with van der Waals surface area (Å²) in [5.41, 5.74) is 0. The van der Waals surface area contributed by atoms with Gasteiger partial charge in [0, 0.05) is 46.4 Å². The topological polar surface area (TPSA) is 106 Å². The average molecular weight is 389 g/mol. The summed E-state index contributed by atoms with van der Waals surface area (Å²) in [6.45, 7) is 9.75. The van der Waals surface area contributed by atoms with Crippen LogP contribution in [0.3, 0.4) is 0 Å². The van der Waals surface area contributed by atoms with Crippen LogP contribution in [0.4, 0.5) is 0 Å². The molecule has 0 fully saturated rings. The number of rotatable bonds is 8. The van der Waals surface area contributed by atoms with Crippen LogP contribution < -0.4 is 0 Å². The molecule has 10 heteroatoms. The van der Waals surface area contributed by atoms with Crippen molar-refractivity contribution in [2.24, 2.45) is 9.26 Å². The standard InChI is InChI=1S/C9H22N2O4P2.H2N.Y/c1-6-9-15-17(10-4,14-8-3)11-16(5,12)13-7-2;;/h6,12H,1,7-9H2,2-5H3;1H2;/q;-1;. The van der Waals surface area contributed by atoms with Crippen LogP contribution in [-0.2, 0) is 46.3 Å². The van der Waals surface area contributed by atoms with Crippen molar-refractivity contribution in [2.75, 3.05) is 33.5 Å². The van der Waals surface area contributed by atoms with Crippen LogP contribution in [0.5, 0.6) is 0 Å². The minimum Gasteiger partial charge on any atom is -0.693 e. The Bertz CT molecular complexity index is 346. The maximum Gasteiger partial charge on any atom is 0.338 e. The second-order valence-corrected chi connectivity index (χ2v) is 7.58. The first-order chi connectivity index (χ1) is 7.95. The molecule has 0 saturated carbocycles. The zero-order valence-corrected chi connectivity index (χ0v) is 16.6. The van der Waals surface area contributed by atoms with Gasteiger partial charge in [-0.3, -0.25) is 0 Å². The zero-order valence-electron chi connectivity index (χ0n) is 12.0. The molecule has 3 N–H and O–H groups in total. The minimum absolute atomic E-state index is 0. The summed E-state index contributed by atoms with van der Waals surface area (Å²) >= 11 is 0. The first-order valence-corrected chi connectivity index (χ1v) is 8.93. The zero-order chi connectivity index (χ0) is 13.4. The first-order valence-electron chi connectivity index (χ1n) is 5.34. The van der Waals surface area contributed by atoms with Crippen LogP contribution in [0.2, 0.25) is 0 Å². The van der Waals surface area contributed by atoms with Crippen molar-refractivity contribution in [3.8, 4) is 0 Å². The van der Waals surface area contributed by atoms with Gasteiger partial charge in [0.1, 0.15) is 0 Å². The van der Waals surface area contributed by atoms with Gasteiger partial charge in [-0.15, -0.1) is 6.58 Å². The summed E-state index contributed by atoms with van der Waals surface area (Å²) in [6.07, 6.45) is 1.59. The van der Waals surface area contributed by atoms with E-state index in [1.807, 2.05) is 6.92 Å². The number of nitrogens with zero attached hydrogens (tertiary/aromatic N) is 2. The molecule has 0 aliphatic carbocycles. The van der Waals surface area contributed by atoms with Crippen molar-refractivity contribution in [2.45, 2.75) is 13.8 Å². The van der Waals surface area contributed by atoms with E-state index in [0.717, 1.165) is 0 Å². The molecule has 0 aromatic rings. The predicted molar refractivity (Wildman–Crippen MR) is 77.4 cm³/mol. The summed E-state index contributed by atoms with van der Waals surface area (Å²) < 4.78 is 24.4. The van der Waals surface area contributed by atoms with Gasteiger partial charge in [-0.1, -0.05) is 6.08 Å². The van der Waals surface area contributed by atoms with E-state index in [0.29, 0.717) is 13.2 Å². The van der Waals surface area contributed by atoms with Crippen LogP contribution in [0.25, 0.3) is 6.15 Å². The van der Waals surface area contributed by atoms with Crippen LogP contribution in [0.1, 0.15) is 13.8 Å². The molecule has 1 radical (unpaired) electrons. The Labute approximate surface area is 141 Å². The van der Waals surface area contributed by atoms with Gasteiger partial charge in [-0.25, -0.2) is 4.74 Å². The van der Waals surface area contributed by atoms with Crippen LogP contribution in [-0.4, -0.2) is 38.4 Å². The monoisotopic (exact) mass is 389 g/mol. The van der Waals surface area contributed by atoms with Crippen LogP contribution in [0, 0.1) is 0 Å². The molecule has 0 saturated heterocycles. The Kier molecular flexibility index (Phi) is 16.9. The van der Waals surface area contributed by atoms with Crippen molar-refractivity contribution >= 4 is 15.2 Å². The normalized spacial score (nSPS) is 16.1. The van der Waals surface area contributed by atoms with Gasteiger partial charge < -0.3 is 24.6 Å². The van der Waals surface area contributed by atoms with Crippen LogP contribution >= 0.6 is 15.2 Å². The van der Waals surface area contributed by atoms with E-state index >= 15 is 0 Å². The average Bonchev–Trinajstić information content (AvgIpc) is 2.25. The molecule has 0 rings (SSSR count).